The van der Waals surface area contributed by atoms with E-state index in [0.29, 0.717) is 35.5 Å². The van der Waals surface area contributed by atoms with Crippen LogP contribution in [0.3, 0.4) is 0 Å². The van der Waals surface area contributed by atoms with Crippen LogP contribution in [0.25, 0.3) is 11.3 Å². The van der Waals surface area contributed by atoms with Crippen LogP contribution in [0.2, 0.25) is 0 Å². The summed E-state index contributed by atoms with van der Waals surface area (Å²) in [5.41, 5.74) is 1.81. The highest BCUT2D eigenvalue weighted by molar-refractivity contribution is 5.96. The van der Waals surface area contributed by atoms with E-state index in [1.54, 1.807) is 30.3 Å². The summed E-state index contributed by atoms with van der Waals surface area (Å²) < 4.78 is 38.7. The summed E-state index contributed by atoms with van der Waals surface area (Å²) in [4.78, 5) is 33.7. The molecule has 1 saturated heterocycles. The van der Waals surface area contributed by atoms with Gasteiger partial charge in [-0.05, 0) is 49.0 Å². The van der Waals surface area contributed by atoms with Crippen LogP contribution < -0.4 is 5.32 Å². The summed E-state index contributed by atoms with van der Waals surface area (Å²) in [6.07, 6.45) is -2.94. The van der Waals surface area contributed by atoms with Crippen LogP contribution in [0, 0.1) is 0 Å². The summed E-state index contributed by atoms with van der Waals surface area (Å²) in [5.74, 6) is -0.437. The van der Waals surface area contributed by atoms with Crippen molar-refractivity contribution in [2.45, 2.75) is 12.7 Å². The maximum absolute atomic E-state index is 12.9. The minimum Gasteiger partial charge on any atom is -0.348 e. The van der Waals surface area contributed by atoms with Gasteiger partial charge in [0, 0.05) is 55.6 Å². The smallest absolute Gasteiger partial charge is 0.348 e. The third-order valence-electron chi connectivity index (χ3n) is 5.95. The number of nitrogens with one attached hydrogen (secondary N) is 1. The number of alkyl halides is 3. The third-order valence-corrected chi connectivity index (χ3v) is 5.95. The normalized spacial score (nSPS) is 14.6. The molecule has 182 valence electrons. The van der Waals surface area contributed by atoms with Gasteiger partial charge in [0.2, 0.25) is 0 Å². The van der Waals surface area contributed by atoms with E-state index in [1.165, 1.54) is 24.4 Å². The van der Waals surface area contributed by atoms with E-state index in [1.807, 2.05) is 11.9 Å². The Morgan fingerprint density at radius 3 is 2.34 bits per heavy atom. The van der Waals surface area contributed by atoms with Gasteiger partial charge in [0.25, 0.3) is 11.8 Å². The van der Waals surface area contributed by atoms with Crippen molar-refractivity contribution >= 4 is 11.8 Å². The number of carbonyl (C=O) groups excluding carboxylic acids is 2. The Labute approximate surface area is 201 Å². The number of amides is 2. The van der Waals surface area contributed by atoms with E-state index in [-0.39, 0.29) is 12.5 Å². The maximum atomic E-state index is 12.9. The molecule has 0 atom stereocenters. The van der Waals surface area contributed by atoms with Gasteiger partial charge in [-0.15, -0.1) is 0 Å². The van der Waals surface area contributed by atoms with E-state index in [0.717, 1.165) is 30.8 Å². The van der Waals surface area contributed by atoms with Crippen molar-refractivity contribution in [3.05, 3.63) is 89.1 Å². The first-order valence-electron chi connectivity index (χ1n) is 11.2. The molecule has 4 rings (SSSR count). The fourth-order valence-electron chi connectivity index (χ4n) is 3.85. The Morgan fingerprint density at radius 2 is 1.66 bits per heavy atom. The van der Waals surface area contributed by atoms with Crippen molar-refractivity contribution in [1.29, 1.82) is 0 Å². The summed E-state index contributed by atoms with van der Waals surface area (Å²) in [6.45, 7) is 3.03. The molecule has 0 bridgehead atoms. The van der Waals surface area contributed by atoms with Crippen molar-refractivity contribution in [2.24, 2.45) is 0 Å². The molecule has 0 aliphatic carbocycles. The Bertz CT molecular complexity index is 1200. The monoisotopic (exact) mass is 482 g/mol. The standard InChI is InChI=1S/C26H25F3N4O2/c1-32-11-13-33(14-12-32)25(35)20-7-5-19(6-8-20)23-16-21(9-10-30-23)24(34)31-17-18-3-2-4-22(15-18)26(27,28)29/h2-10,15-16H,11-14,17H2,1H3,(H,31,34). The number of nitrogens with zero attached hydrogens (tertiary/aromatic N) is 3. The van der Waals surface area contributed by atoms with Crippen molar-refractivity contribution in [3.8, 4) is 11.3 Å². The molecule has 1 N–H and O–H groups in total. The number of halogens is 3. The van der Waals surface area contributed by atoms with Crippen molar-refractivity contribution in [3.63, 3.8) is 0 Å². The lowest BCUT2D eigenvalue weighted by Crippen LogP contribution is -2.47. The van der Waals surface area contributed by atoms with Crippen LogP contribution in [-0.2, 0) is 12.7 Å². The Balaban J connectivity index is 1.41. The van der Waals surface area contributed by atoms with Crippen LogP contribution in [-0.4, -0.2) is 59.8 Å². The number of hydrogen-bond donors (Lipinski definition) is 1. The lowest BCUT2D eigenvalue weighted by molar-refractivity contribution is -0.137. The fraction of sp³-hybridized carbons (Fsp3) is 0.269. The van der Waals surface area contributed by atoms with Crippen molar-refractivity contribution < 1.29 is 22.8 Å². The Hall–Kier alpha value is -3.72. The zero-order chi connectivity index (χ0) is 25.0. The van der Waals surface area contributed by atoms with Gasteiger partial charge in [0.1, 0.15) is 0 Å². The molecule has 2 amide bonds. The van der Waals surface area contributed by atoms with Gasteiger partial charge in [-0.2, -0.15) is 13.2 Å². The predicted octanol–water partition coefficient (Wildman–Crippen LogP) is 4.09. The van der Waals surface area contributed by atoms with E-state index < -0.39 is 17.6 Å². The highest BCUT2D eigenvalue weighted by Crippen LogP contribution is 2.29. The SMILES string of the molecule is CN1CCN(C(=O)c2ccc(-c3cc(C(=O)NCc4cccc(C(F)(F)F)c4)ccn3)cc2)CC1. The van der Waals surface area contributed by atoms with E-state index >= 15 is 0 Å². The van der Waals surface area contributed by atoms with Crippen LogP contribution in [0.5, 0.6) is 0 Å². The summed E-state index contributed by atoms with van der Waals surface area (Å²) in [6, 6.07) is 15.1. The predicted molar refractivity (Wildman–Crippen MR) is 126 cm³/mol. The molecular weight excluding hydrogens is 457 g/mol. The molecule has 0 unspecified atom stereocenters. The Morgan fingerprint density at radius 1 is 0.943 bits per heavy atom. The highest BCUT2D eigenvalue weighted by Gasteiger charge is 2.30. The summed E-state index contributed by atoms with van der Waals surface area (Å²) in [5, 5.41) is 2.65. The summed E-state index contributed by atoms with van der Waals surface area (Å²) in [7, 11) is 2.03. The van der Waals surface area contributed by atoms with Gasteiger partial charge in [0.05, 0.1) is 11.3 Å². The molecule has 1 aliphatic heterocycles. The number of rotatable bonds is 5. The number of pyridine rings is 1. The van der Waals surface area contributed by atoms with Gasteiger partial charge < -0.3 is 15.1 Å². The minimum absolute atomic E-state index is 0.0136. The molecule has 3 aromatic rings. The van der Waals surface area contributed by atoms with E-state index in [2.05, 4.69) is 15.2 Å². The number of hydrogen-bond acceptors (Lipinski definition) is 4. The van der Waals surface area contributed by atoms with Gasteiger partial charge in [-0.25, -0.2) is 0 Å². The molecule has 0 saturated carbocycles. The van der Waals surface area contributed by atoms with Gasteiger partial charge in [-0.3, -0.25) is 14.6 Å². The molecule has 0 radical (unpaired) electrons. The minimum atomic E-state index is -4.44. The van der Waals surface area contributed by atoms with Gasteiger partial charge in [0.15, 0.2) is 0 Å². The fourth-order valence-corrected chi connectivity index (χ4v) is 3.85. The number of carbonyl (C=O) groups is 2. The zero-order valence-corrected chi connectivity index (χ0v) is 19.2. The molecular formula is C26H25F3N4O2. The highest BCUT2D eigenvalue weighted by atomic mass is 19.4. The molecule has 2 aromatic carbocycles. The first-order valence-corrected chi connectivity index (χ1v) is 11.2. The number of likely N-dealkylation sites (N-methyl/N-ethyl adjacent to an activating group) is 1. The summed E-state index contributed by atoms with van der Waals surface area (Å²) >= 11 is 0. The van der Waals surface area contributed by atoms with E-state index in [9.17, 15) is 22.8 Å². The lowest BCUT2D eigenvalue weighted by Gasteiger charge is -2.32. The molecule has 1 aromatic heterocycles. The largest absolute Gasteiger partial charge is 0.416 e. The average molecular weight is 483 g/mol. The second kappa shape index (κ2) is 10.3. The van der Waals surface area contributed by atoms with Crippen LogP contribution in [0.4, 0.5) is 13.2 Å². The molecule has 35 heavy (non-hydrogen) atoms. The van der Waals surface area contributed by atoms with Gasteiger partial charge in [-0.1, -0.05) is 24.3 Å². The van der Waals surface area contributed by atoms with Gasteiger partial charge >= 0.3 is 6.18 Å². The Kier molecular flexibility index (Phi) is 7.16. The average Bonchev–Trinajstić information content (AvgIpc) is 2.87. The van der Waals surface area contributed by atoms with Crippen LogP contribution >= 0.6 is 0 Å². The number of benzene rings is 2. The zero-order valence-electron chi connectivity index (χ0n) is 19.2. The quantitative estimate of drug-likeness (QED) is 0.595. The second-order valence-corrected chi connectivity index (χ2v) is 8.48. The number of aromatic nitrogens is 1. The molecule has 2 heterocycles. The molecule has 9 heteroatoms. The van der Waals surface area contributed by atoms with Crippen molar-refractivity contribution in [2.75, 3.05) is 33.2 Å². The molecule has 1 fully saturated rings. The molecule has 6 nitrogen and oxygen atoms in total. The molecule has 1 aliphatic rings. The second-order valence-electron chi connectivity index (χ2n) is 8.48. The van der Waals surface area contributed by atoms with Crippen LogP contribution in [0.15, 0.2) is 66.9 Å². The van der Waals surface area contributed by atoms with E-state index in [4.69, 9.17) is 0 Å². The lowest BCUT2D eigenvalue weighted by atomic mass is 10.1. The van der Waals surface area contributed by atoms with Crippen molar-refractivity contribution in [1.82, 2.24) is 20.1 Å². The maximum Gasteiger partial charge on any atom is 0.416 e. The molecule has 0 spiro atoms. The third kappa shape index (κ3) is 6.05. The first kappa shape index (κ1) is 24.4. The topological polar surface area (TPSA) is 65.5 Å². The first-order chi connectivity index (χ1) is 16.7. The van der Waals surface area contributed by atoms with Crippen LogP contribution in [0.1, 0.15) is 31.8 Å². The number of piperazine rings is 1.